The average molecular weight is 1140 g/mol. The van der Waals surface area contributed by atoms with Gasteiger partial charge in [-0.15, -0.1) is 23.8 Å². The number of imidazole rings is 1. The van der Waals surface area contributed by atoms with Crippen molar-refractivity contribution in [1.29, 1.82) is 0 Å². The van der Waals surface area contributed by atoms with Gasteiger partial charge in [-0.25, -0.2) is 4.98 Å². The van der Waals surface area contributed by atoms with Crippen molar-refractivity contribution in [2.45, 2.75) is 125 Å². The van der Waals surface area contributed by atoms with Gasteiger partial charge in [0.25, 0.3) is 0 Å². The van der Waals surface area contributed by atoms with Crippen LogP contribution in [0.2, 0.25) is 0 Å². The molecule has 0 amide bonds. The molecular formula is C67H70N3OPt-. The third kappa shape index (κ3) is 9.68. The van der Waals surface area contributed by atoms with Crippen molar-refractivity contribution >= 4 is 11.0 Å². The molecule has 0 unspecified atom stereocenters. The molecule has 2 heterocycles. The molecule has 0 aliphatic rings. The first-order valence-electron chi connectivity index (χ1n) is 30.8. The van der Waals surface area contributed by atoms with Crippen molar-refractivity contribution in [2.24, 2.45) is 0 Å². The molecule has 72 heavy (non-hydrogen) atoms. The monoisotopic (exact) mass is 1140 g/mol. The van der Waals surface area contributed by atoms with E-state index in [1.165, 1.54) is 35.4 Å². The Labute approximate surface area is 460 Å². The zero-order valence-electron chi connectivity index (χ0n) is 54.4. The van der Waals surface area contributed by atoms with Gasteiger partial charge in [-0.05, 0) is 154 Å². The molecule has 370 valence electrons. The molecule has 4 nitrogen and oxygen atoms in total. The van der Waals surface area contributed by atoms with E-state index >= 15 is 0 Å². The summed E-state index contributed by atoms with van der Waals surface area (Å²) in [4.78, 5) is 10.2. The van der Waals surface area contributed by atoms with E-state index in [9.17, 15) is 9.22 Å². The number of para-hydroxylation sites is 1. The zero-order valence-corrected chi connectivity index (χ0v) is 44.6. The van der Waals surface area contributed by atoms with E-state index in [1.807, 2.05) is 115 Å². The van der Waals surface area contributed by atoms with Gasteiger partial charge in [0.1, 0.15) is 11.6 Å². The Morgan fingerprint density at radius 1 is 0.597 bits per heavy atom. The summed E-state index contributed by atoms with van der Waals surface area (Å²) in [6, 6.07) is 48.5. The second-order valence-corrected chi connectivity index (χ2v) is 19.7. The van der Waals surface area contributed by atoms with E-state index in [2.05, 4.69) is 65.8 Å². The van der Waals surface area contributed by atoms with Gasteiger partial charge in [-0.2, -0.15) is 0 Å². The topological polar surface area (TPSA) is 50.9 Å². The summed E-state index contributed by atoms with van der Waals surface area (Å²) >= 11 is 0. The van der Waals surface area contributed by atoms with Crippen LogP contribution >= 0.6 is 0 Å². The van der Waals surface area contributed by atoms with Crippen molar-refractivity contribution in [3.63, 3.8) is 0 Å². The summed E-state index contributed by atoms with van der Waals surface area (Å²) in [6.45, 7) is 4.38. The van der Waals surface area contributed by atoms with E-state index in [0.29, 0.717) is 67.2 Å². The standard InChI is InChI=1S/C67H70N3O.Pt/c1-13-66(11,14-2)56-25-21-26-57(67(12,15-3)16-4)61(56)49-30-33-59(44(6)38-49)70-60-27-20-24-54(62(60)69-64(70)55-37-43(5)36-45(7)63(55)71)51-39-50(46-22-18-17-19-23-46)40-52(41-51)58-42-48(34-35-68-58)47-28-31-53(32-29-47)65(8,9)10;/h17-40,42,71H,13-16H2,1-12H3;/q-1;/i6D3,8D3,9D3,10D3;. The molecule has 0 radical (unpaired) electrons. The van der Waals surface area contributed by atoms with Crippen molar-refractivity contribution in [3.8, 4) is 78.6 Å². The quantitative estimate of drug-likeness (QED) is 0.117. The van der Waals surface area contributed by atoms with E-state index in [1.54, 1.807) is 12.3 Å². The minimum atomic E-state index is -3.40. The molecule has 0 spiro atoms. The Morgan fingerprint density at radius 2 is 1.24 bits per heavy atom. The smallest absolute Gasteiger partial charge is 0.148 e. The van der Waals surface area contributed by atoms with Crippen molar-refractivity contribution in [2.75, 3.05) is 0 Å². The summed E-state index contributed by atoms with van der Waals surface area (Å²) in [5, 5.41) is 12.0. The van der Waals surface area contributed by atoms with E-state index in [0.717, 1.165) is 53.5 Å². The van der Waals surface area contributed by atoms with Crippen LogP contribution in [0.25, 0.3) is 83.9 Å². The maximum Gasteiger partial charge on any atom is 0.148 e. The predicted octanol–water partition coefficient (Wildman–Crippen LogP) is 18.3. The summed E-state index contributed by atoms with van der Waals surface area (Å²) in [6.07, 6.45) is 5.19. The Balaban J connectivity index is 0.00000920. The molecule has 9 aromatic rings. The van der Waals surface area contributed by atoms with Crippen LogP contribution in [0.4, 0.5) is 0 Å². The third-order valence-electron chi connectivity index (χ3n) is 15.3. The van der Waals surface area contributed by atoms with Crippen LogP contribution in [-0.2, 0) is 37.3 Å². The van der Waals surface area contributed by atoms with Crippen molar-refractivity contribution in [1.82, 2.24) is 14.5 Å². The molecular weight excluding hydrogens is 1060 g/mol. The molecule has 0 saturated carbocycles. The molecule has 2 aromatic heterocycles. The number of pyridine rings is 1. The summed E-state index contributed by atoms with van der Waals surface area (Å²) in [5.41, 5.74) is 9.28. The molecule has 9 rings (SSSR count). The largest absolute Gasteiger partial charge is 0.507 e. The maximum absolute atomic E-state index is 12.0. The number of phenols is 1. The van der Waals surface area contributed by atoms with Gasteiger partial charge in [0, 0.05) is 49.4 Å². The number of hydrogen-bond donors (Lipinski definition) is 1. The van der Waals surface area contributed by atoms with E-state index in [-0.39, 0.29) is 48.8 Å². The fourth-order valence-electron chi connectivity index (χ4n) is 10.2. The SMILES string of the molecule is [2H]C([2H])([2H])c1cc(-c2c(C(C)(CC)CC)cccc2C(C)(CC)CC)ccc1-n1c(-c2cc(C)cc(C)c2O)nc2c(-c3[c-]c(-c4cc(-c5ccc(C(C([2H])([2H])[2H])(C([2H])([2H])[2H])C([2H])([2H])[2H])cc5)ccn4)cc(-c4ccccc4)c3)cccc21.[Pt]. The zero-order chi connectivity index (χ0) is 60.4. The molecule has 1 N–H and O–H groups in total. The average Bonchev–Trinajstić information content (AvgIpc) is 0.923. The number of rotatable bonds is 13. The fourth-order valence-corrected chi connectivity index (χ4v) is 10.2. The maximum atomic E-state index is 12.0. The minimum absolute atomic E-state index is 0. The molecule has 0 saturated heterocycles. The number of aromatic nitrogens is 3. The number of fused-ring (bicyclic) bond motifs is 1. The van der Waals surface area contributed by atoms with Gasteiger partial charge >= 0.3 is 0 Å². The molecule has 0 aliphatic heterocycles. The molecule has 0 bridgehead atoms. The van der Waals surface area contributed by atoms with Gasteiger partial charge in [-0.3, -0.25) is 9.55 Å². The second kappa shape index (κ2) is 20.6. The number of aryl methyl sites for hydroxylation is 3. The molecule has 0 atom stereocenters. The van der Waals surface area contributed by atoms with Crippen LogP contribution in [-0.4, -0.2) is 19.6 Å². The van der Waals surface area contributed by atoms with Crippen LogP contribution in [0.15, 0.2) is 152 Å². The van der Waals surface area contributed by atoms with Crippen LogP contribution in [0, 0.1) is 26.8 Å². The summed E-state index contributed by atoms with van der Waals surface area (Å²) in [7, 11) is 0. The first-order valence-corrected chi connectivity index (χ1v) is 24.8. The number of phenolic OH excluding ortho intramolecular Hbond substituents is 1. The first-order chi connectivity index (χ1) is 39.0. The predicted molar refractivity (Wildman–Crippen MR) is 301 cm³/mol. The minimum Gasteiger partial charge on any atom is -0.507 e. The van der Waals surface area contributed by atoms with Gasteiger partial charge in [0.05, 0.1) is 22.3 Å². The Hall–Kier alpha value is -6.35. The Morgan fingerprint density at radius 3 is 1.89 bits per heavy atom. The van der Waals surface area contributed by atoms with E-state index < -0.39 is 32.8 Å². The number of nitrogens with zero attached hydrogens (tertiary/aromatic N) is 3. The van der Waals surface area contributed by atoms with Crippen LogP contribution in [0.1, 0.15) is 138 Å². The van der Waals surface area contributed by atoms with Gasteiger partial charge in [0.15, 0.2) is 0 Å². The number of benzene rings is 7. The Bertz CT molecular complexity index is 3800. The Kier molecular flexibility index (Phi) is 11.0. The first kappa shape index (κ1) is 38.3. The molecule has 5 heteroatoms. The van der Waals surface area contributed by atoms with Crippen molar-refractivity contribution < 1.29 is 42.6 Å². The number of hydrogen-bond acceptors (Lipinski definition) is 3. The normalized spacial score (nSPS) is 15.2. The van der Waals surface area contributed by atoms with Gasteiger partial charge in [-0.1, -0.05) is 182 Å². The molecule has 0 fully saturated rings. The molecule has 7 aromatic carbocycles. The second-order valence-electron chi connectivity index (χ2n) is 19.7. The molecule has 0 aliphatic carbocycles. The van der Waals surface area contributed by atoms with Crippen LogP contribution < -0.4 is 0 Å². The van der Waals surface area contributed by atoms with Crippen molar-refractivity contribution in [3.05, 3.63) is 191 Å². The van der Waals surface area contributed by atoms with Crippen LogP contribution in [0.5, 0.6) is 5.75 Å². The van der Waals surface area contributed by atoms with Gasteiger partial charge in [0.2, 0.25) is 0 Å². The summed E-state index contributed by atoms with van der Waals surface area (Å²) in [5.74, 6) is 0.363. The summed E-state index contributed by atoms with van der Waals surface area (Å²) < 4.78 is 104. The van der Waals surface area contributed by atoms with E-state index in [4.69, 9.17) is 22.3 Å². The van der Waals surface area contributed by atoms with Gasteiger partial charge < -0.3 is 5.11 Å². The van der Waals surface area contributed by atoms with Crippen LogP contribution in [0.3, 0.4) is 0 Å². The third-order valence-corrected chi connectivity index (χ3v) is 15.3. The fraction of sp³-hybridized carbons (Fsp3) is 0.284. The number of aromatic hydroxyl groups is 1.